The average Bonchev–Trinajstić information content (AvgIpc) is 2.49. The molecule has 98 valence electrons. The fourth-order valence-electron chi connectivity index (χ4n) is 1.87. The Bertz CT molecular complexity index is 503. The number of hydrogen-bond acceptors (Lipinski definition) is 2. The molecular formula is C17H18O2. The Morgan fingerprint density at radius 2 is 1.63 bits per heavy atom. The number of hydrogen-bond donors (Lipinski definition) is 1. The number of ether oxygens (including phenoxy) is 1. The zero-order valence-electron chi connectivity index (χ0n) is 10.8. The summed E-state index contributed by atoms with van der Waals surface area (Å²) in [4.78, 5) is 0. The first kappa shape index (κ1) is 13.5. The highest BCUT2D eigenvalue weighted by atomic mass is 16.5. The summed E-state index contributed by atoms with van der Waals surface area (Å²) in [6.45, 7) is 4.41. The lowest BCUT2D eigenvalue weighted by Gasteiger charge is -2.14. The Balaban J connectivity index is 1.98. The molecule has 2 aromatic rings. The molecule has 0 radical (unpaired) electrons. The largest absolute Gasteiger partial charge is 0.392 e. The van der Waals surface area contributed by atoms with Gasteiger partial charge in [-0.15, -0.1) is 6.58 Å². The Morgan fingerprint density at radius 3 is 2.21 bits per heavy atom. The van der Waals surface area contributed by atoms with Crippen LogP contribution in [0, 0.1) is 0 Å². The lowest BCUT2D eigenvalue weighted by molar-refractivity contribution is 0.0720. The predicted octanol–water partition coefficient (Wildman–Crippen LogP) is 3.62. The van der Waals surface area contributed by atoms with Crippen molar-refractivity contribution in [2.45, 2.75) is 19.3 Å². The van der Waals surface area contributed by atoms with Gasteiger partial charge in [0.1, 0.15) is 6.10 Å². The van der Waals surface area contributed by atoms with E-state index in [0.29, 0.717) is 6.61 Å². The summed E-state index contributed by atoms with van der Waals surface area (Å²) >= 11 is 0. The van der Waals surface area contributed by atoms with Gasteiger partial charge in [0.15, 0.2) is 0 Å². The van der Waals surface area contributed by atoms with Crippen LogP contribution in [0.3, 0.4) is 0 Å². The first-order valence-electron chi connectivity index (χ1n) is 6.31. The highest BCUT2D eigenvalue weighted by molar-refractivity contribution is 5.23. The summed E-state index contributed by atoms with van der Waals surface area (Å²) in [5.41, 5.74) is 3.09. The van der Waals surface area contributed by atoms with Crippen LogP contribution in [0.25, 0.3) is 0 Å². The highest BCUT2D eigenvalue weighted by Gasteiger charge is 2.07. The quantitative estimate of drug-likeness (QED) is 0.798. The summed E-state index contributed by atoms with van der Waals surface area (Å²) in [5, 5.41) is 8.99. The first-order chi connectivity index (χ1) is 9.33. The van der Waals surface area contributed by atoms with Gasteiger partial charge in [0.05, 0.1) is 13.2 Å². The predicted molar refractivity (Wildman–Crippen MR) is 76.5 cm³/mol. The SMILES string of the molecule is C=CC(OCc1ccc(CO)cc1)c1ccccc1. The van der Waals surface area contributed by atoms with Crippen LogP contribution in [-0.2, 0) is 18.0 Å². The molecule has 2 nitrogen and oxygen atoms in total. The number of aliphatic hydroxyl groups excluding tert-OH is 1. The lowest BCUT2D eigenvalue weighted by Crippen LogP contribution is -2.01. The molecule has 0 bridgehead atoms. The van der Waals surface area contributed by atoms with E-state index in [9.17, 15) is 0 Å². The average molecular weight is 254 g/mol. The van der Waals surface area contributed by atoms with Crippen LogP contribution in [0.2, 0.25) is 0 Å². The van der Waals surface area contributed by atoms with Crippen LogP contribution in [0.4, 0.5) is 0 Å². The van der Waals surface area contributed by atoms with E-state index in [-0.39, 0.29) is 12.7 Å². The molecule has 2 aromatic carbocycles. The third-order valence-electron chi connectivity index (χ3n) is 2.98. The Kier molecular flexibility index (Phi) is 4.90. The molecule has 0 saturated carbocycles. The Labute approximate surface area is 114 Å². The molecule has 0 amide bonds. The van der Waals surface area contributed by atoms with Gasteiger partial charge in [-0.3, -0.25) is 0 Å². The van der Waals surface area contributed by atoms with E-state index in [4.69, 9.17) is 9.84 Å². The van der Waals surface area contributed by atoms with Crippen LogP contribution in [0.15, 0.2) is 67.3 Å². The van der Waals surface area contributed by atoms with Crippen molar-refractivity contribution in [2.75, 3.05) is 0 Å². The van der Waals surface area contributed by atoms with Gasteiger partial charge in [-0.25, -0.2) is 0 Å². The van der Waals surface area contributed by atoms with E-state index < -0.39 is 0 Å². The smallest absolute Gasteiger partial charge is 0.101 e. The van der Waals surface area contributed by atoms with Crippen molar-refractivity contribution >= 4 is 0 Å². The summed E-state index contributed by atoms with van der Waals surface area (Å²) in [6.07, 6.45) is 1.70. The van der Waals surface area contributed by atoms with Gasteiger partial charge >= 0.3 is 0 Å². The van der Waals surface area contributed by atoms with Crippen molar-refractivity contribution in [2.24, 2.45) is 0 Å². The topological polar surface area (TPSA) is 29.5 Å². The molecular weight excluding hydrogens is 236 g/mol. The van der Waals surface area contributed by atoms with Crippen molar-refractivity contribution in [3.8, 4) is 0 Å². The van der Waals surface area contributed by atoms with Gasteiger partial charge in [-0.05, 0) is 16.7 Å². The molecule has 2 rings (SSSR count). The molecule has 0 aromatic heterocycles. The van der Waals surface area contributed by atoms with Gasteiger partial charge in [0.2, 0.25) is 0 Å². The maximum absolute atomic E-state index is 8.99. The van der Waals surface area contributed by atoms with E-state index in [2.05, 4.69) is 6.58 Å². The summed E-state index contributed by atoms with van der Waals surface area (Å²) in [6, 6.07) is 17.8. The number of benzene rings is 2. The van der Waals surface area contributed by atoms with E-state index in [0.717, 1.165) is 16.7 Å². The van der Waals surface area contributed by atoms with Crippen molar-refractivity contribution in [3.05, 3.63) is 83.9 Å². The van der Waals surface area contributed by atoms with E-state index in [1.54, 1.807) is 6.08 Å². The highest BCUT2D eigenvalue weighted by Crippen LogP contribution is 2.20. The number of aliphatic hydroxyl groups is 1. The van der Waals surface area contributed by atoms with Crippen molar-refractivity contribution in [1.82, 2.24) is 0 Å². The van der Waals surface area contributed by atoms with Gasteiger partial charge in [0, 0.05) is 0 Å². The second-order valence-corrected chi connectivity index (χ2v) is 4.35. The molecule has 0 heterocycles. The van der Waals surface area contributed by atoms with Crippen LogP contribution in [-0.4, -0.2) is 5.11 Å². The third kappa shape index (κ3) is 3.78. The van der Waals surface area contributed by atoms with Gasteiger partial charge in [0.25, 0.3) is 0 Å². The van der Waals surface area contributed by atoms with E-state index in [1.165, 1.54) is 0 Å². The molecule has 19 heavy (non-hydrogen) atoms. The van der Waals surface area contributed by atoms with E-state index >= 15 is 0 Å². The minimum atomic E-state index is -0.0984. The van der Waals surface area contributed by atoms with E-state index in [1.807, 2.05) is 54.6 Å². The van der Waals surface area contributed by atoms with Crippen LogP contribution in [0.5, 0.6) is 0 Å². The van der Waals surface area contributed by atoms with Gasteiger partial charge < -0.3 is 9.84 Å². The zero-order valence-corrected chi connectivity index (χ0v) is 10.8. The summed E-state index contributed by atoms with van der Waals surface area (Å²) in [5.74, 6) is 0. The fraction of sp³-hybridized carbons (Fsp3) is 0.176. The molecule has 1 atom stereocenters. The van der Waals surface area contributed by atoms with Crippen LogP contribution < -0.4 is 0 Å². The lowest BCUT2D eigenvalue weighted by atomic mass is 10.1. The fourth-order valence-corrected chi connectivity index (χ4v) is 1.87. The molecule has 0 aliphatic heterocycles. The monoisotopic (exact) mass is 254 g/mol. The van der Waals surface area contributed by atoms with Crippen LogP contribution in [0.1, 0.15) is 22.8 Å². The summed E-state index contributed by atoms with van der Waals surface area (Å²) in [7, 11) is 0. The zero-order chi connectivity index (χ0) is 13.5. The molecule has 0 saturated heterocycles. The van der Waals surface area contributed by atoms with Gasteiger partial charge in [-0.1, -0.05) is 60.7 Å². The van der Waals surface area contributed by atoms with Gasteiger partial charge in [-0.2, -0.15) is 0 Å². The molecule has 1 N–H and O–H groups in total. The first-order valence-corrected chi connectivity index (χ1v) is 6.31. The molecule has 0 spiro atoms. The maximum atomic E-state index is 8.99. The van der Waals surface area contributed by atoms with Crippen molar-refractivity contribution < 1.29 is 9.84 Å². The van der Waals surface area contributed by atoms with Crippen molar-refractivity contribution in [3.63, 3.8) is 0 Å². The molecule has 0 aliphatic rings. The molecule has 2 heteroatoms. The number of rotatable bonds is 6. The third-order valence-corrected chi connectivity index (χ3v) is 2.98. The minimum absolute atomic E-state index is 0.0699. The standard InChI is InChI=1S/C17H18O2/c1-2-17(16-6-4-3-5-7-16)19-13-15-10-8-14(12-18)9-11-15/h2-11,17-18H,1,12-13H2. The normalized spacial score (nSPS) is 12.1. The van der Waals surface area contributed by atoms with Crippen LogP contribution >= 0.6 is 0 Å². The van der Waals surface area contributed by atoms with Crippen molar-refractivity contribution in [1.29, 1.82) is 0 Å². The minimum Gasteiger partial charge on any atom is -0.392 e. The Morgan fingerprint density at radius 1 is 1.00 bits per heavy atom. The summed E-state index contributed by atoms with van der Waals surface area (Å²) < 4.78 is 5.86. The Hall–Kier alpha value is -1.90. The molecule has 0 fully saturated rings. The maximum Gasteiger partial charge on any atom is 0.101 e. The molecule has 1 unspecified atom stereocenters. The molecule has 0 aliphatic carbocycles. The second-order valence-electron chi connectivity index (χ2n) is 4.35. The second kappa shape index (κ2) is 6.88.